The van der Waals surface area contributed by atoms with Gasteiger partial charge in [-0.2, -0.15) is 0 Å². The molecule has 1 aliphatic heterocycles. The molecule has 5 aromatic rings. The first-order valence-corrected chi connectivity index (χ1v) is 11.9. The van der Waals surface area contributed by atoms with E-state index >= 15 is 4.39 Å². The number of benzene rings is 3. The van der Waals surface area contributed by atoms with Gasteiger partial charge in [0, 0.05) is 29.5 Å². The van der Waals surface area contributed by atoms with Crippen molar-refractivity contribution >= 4 is 21.9 Å². The predicted octanol–water partition coefficient (Wildman–Crippen LogP) is 7.43. The molecule has 6 rings (SSSR count). The molecular formula is C30H27FNO2+. The van der Waals surface area contributed by atoms with E-state index in [1.54, 1.807) is 6.07 Å². The molecule has 1 saturated heterocycles. The Morgan fingerprint density at radius 1 is 0.853 bits per heavy atom. The summed E-state index contributed by atoms with van der Waals surface area (Å²) in [6.07, 6.45) is 5.49. The molecule has 0 N–H and O–H groups in total. The standard InChI is InChI=1S/C30H27FNO2/c1-19-9-14-22-23-15-16-24(31)28(21-12-10-20(11-13-21)26-8-4-6-18-33-26)30(23)34-29(22)27(19)25-7-3-5-17-32(25)2/h3,5,7,9-17,26H,4,6,8,18H2,1-2H3/q+1. The van der Waals surface area contributed by atoms with E-state index in [4.69, 9.17) is 9.15 Å². The molecule has 4 heteroatoms. The van der Waals surface area contributed by atoms with Crippen molar-refractivity contribution in [2.24, 2.45) is 7.05 Å². The monoisotopic (exact) mass is 452 g/mol. The smallest absolute Gasteiger partial charge is 0.216 e. The van der Waals surface area contributed by atoms with Crippen LogP contribution in [0.25, 0.3) is 44.3 Å². The molecule has 1 fully saturated rings. The second-order valence-electron chi connectivity index (χ2n) is 9.21. The maximum absolute atomic E-state index is 15.3. The Labute approximate surface area is 198 Å². The number of rotatable bonds is 3. The summed E-state index contributed by atoms with van der Waals surface area (Å²) in [5, 5.41) is 1.92. The van der Waals surface area contributed by atoms with Crippen molar-refractivity contribution in [3.63, 3.8) is 0 Å². The minimum absolute atomic E-state index is 0.131. The van der Waals surface area contributed by atoms with Gasteiger partial charge in [0.2, 0.25) is 5.69 Å². The van der Waals surface area contributed by atoms with Crippen LogP contribution in [0, 0.1) is 12.7 Å². The lowest BCUT2D eigenvalue weighted by atomic mass is 9.96. The van der Waals surface area contributed by atoms with Crippen molar-refractivity contribution in [2.75, 3.05) is 6.61 Å². The number of fused-ring (bicyclic) bond motifs is 3. The number of hydrogen-bond donors (Lipinski definition) is 0. The summed E-state index contributed by atoms with van der Waals surface area (Å²) >= 11 is 0. The summed E-state index contributed by atoms with van der Waals surface area (Å²) in [6, 6.07) is 21.8. The molecule has 34 heavy (non-hydrogen) atoms. The highest BCUT2D eigenvalue weighted by atomic mass is 19.1. The Kier molecular flexibility index (Phi) is 5.19. The minimum atomic E-state index is -0.281. The van der Waals surface area contributed by atoms with Crippen LogP contribution in [-0.4, -0.2) is 6.61 Å². The van der Waals surface area contributed by atoms with Crippen LogP contribution in [0.1, 0.15) is 36.5 Å². The molecule has 0 bridgehead atoms. The molecule has 3 nitrogen and oxygen atoms in total. The molecule has 2 aromatic heterocycles. The molecule has 1 unspecified atom stereocenters. The molecule has 0 spiro atoms. The first-order valence-electron chi connectivity index (χ1n) is 11.9. The van der Waals surface area contributed by atoms with Gasteiger partial charge in [0.05, 0.1) is 17.2 Å². The fourth-order valence-corrected chi connectivity index (χ4v) is 5.22. The van der Waals surface area contributed by atoms with Crippen molar-refractivity contribution in [1.82, 2.24) is 0 Å². The van der Waals surface area contributed by atoms with Gasteiger partial charge in [0.1, 0.15) is 24.0 Å². The lowest BCUT2D eigenvalue weighted by Gasteiger charge is -2.23. The van der Waals surface area contributed by atoms with E-state index in [0.717, 1.165) is 63.8 Å². The van der Waals surface area contributed by atoms with E-state index in [9.17, 15) is 0 Å². The second-order valence-corrected chi connectivity index (χ2v) is 9.21. The molecule has 1 aliphatic rings. The van der Waals surface area contributed by atoms with Crippen LogP contribution in [-0.2, 0) is 11.8 Å². The van der Waals surface area contributed by atoms with Gasteiger partial charge in [-0.25, -0.2) is 8.96 Å². The number of ether oxygens (including phenoxy) is 1. The number of pyridine rings is 1. The third kappa shape index (κ3) is 3.41. The molecule has 3 aromatic carbocycles. The highest BCUT2D eigenvalue weighted by molar-refractivity contribution is 6.13. The van der Waals surface area contributed by atoms with Crippen LogP contribution in [0.2, 0.25) is 0 Å². The van der Waals surface area contributed by atoms with Crippen LogP contribution in [0.15, 0.2) is 77.3 Å². The second kappa shape index (κ2) is 8.37. The molecule has 0 radical (unpaired) electrons. The largest absolute Gasteiger partial charge is 0.454 e. The van der Waals surface area contributed by atoms with Crippen molar-refractivity contribution in [3.05, 3.63) is 89.9 Å². The summed E-state index contributed by atoms with van der Waals surface area (Å²) in [7, 11) is 2.03. The van der Waals surface area contributed by atoms with Crippen molar-refractivity contribution in [2.45, 2.75) is 32.3 Å². The number of hydrogen-bond acceptors (Lipinski definition) is 2. The Balaban J connectivity index is 1.54. The summed E-state index contributed by atoms with van der Waals surface area (Å²) < 4.78 is 29.8. The highest BCUT2D eigenvalue weighted by Crippen LogP contribution is 2.41. The minimum Gasteiger partial charge on any atom is -0.454 e. The summed E-state index contributed by atoms with van der Waals surface area (Å²) in [6.45, 7) is 2.89. The summed E-state index contributed by atoms with van der Waals surface area (Å²) in [4.78, 5) is 0. The molecule has 0 saturated carbocycles. The van der Waals surface area contributed by atoms with E-state index in [2.05, 4.69) is 41.8 Å². The zero-order valence-corrected chi connectivity index (χ0v) is 19.5. The Morgan fingerprint density at radius 2 is 1.62 bits per heavy atom. The average molecular weight is 453 g/mol. The number of nitrogens with zero attached hydrogens (tertiary/aromatic N) is 1. The van der Waals surface area contributed by atoms with Crippen LogP contribution in [0.3, 0.4) is 0 Å². The van der Waals surface area contributed by atoms with Gasteiger partial charge in [-0.15, -0.1) is 0 Å². The van der Waals surface area contributed by atoms with Crippen molar-refractivity contribution < 1.29 is 18.1 Å². The molecule has 3 heterocycles. The summed E-state index contributed by atoms with van der Waals surface area (Å²) in [5.74, 6) is -0.281. The third-order valence-corrected chi connectivity index (χ3v) is 7.03. The average Bonchev–Trinajstić information content (AvgIpc) is 3.24. The lowest BCUT2D eigenvalue weighted by molar-refractivity contribution is -0.660. The van der Waals surface area contributed by atoms with Crippen LogP contribution in [0.5, 0.6) is 0 Å². The van der Waals surface area contributed by atoms with E-state index in [-0.39, 0.29) is 11.9 Å². The molecular weight excluding hydrogens is 425 g/mol. The number of aromatic nitrogens is 1. The summed E-state index contributed by atoms with van der Waals surface area (Å²) in [5.41, 5.74) is 7.05. The van der Waals surface area contributed by atoms with E-state index in [1.807, 2.05) is 43.6 Å². The van der Waals surface area contributed by atoms with E-state index in [1.165, 1.54) is 6.42 Å². The van der Waals surface area contributed by atoms with Crippen molar-refractivity contribution in [3.8, 4) is 22.4 Å². The number of furan rings is 1. The maximum Gasteiger partial charge on any atom is 0.216 e. The molecule has 0 amide bonds. The fourth-order valence-electron chi connectivity index (χ4n) is 5.22. The highest BCUT2D eigenvalue weighted by Gasteiger charge is 2.23. The molecule has 170 valence electrons. The predicted molar refractivity (Wildman–Crippen MR) is 133 cm³/mol. The van der Waals surface area contributed by atoms with Gasteiger partial charge in [0.25, 0.3) is 0 Å². The number of halogens is 1. The van der Waals surface area contributed by atoms with E-state index < -0.39 is 0 Å². The van der Waals surface area contributed by atoms with Crippen LogP contribution >= 0.6 is 0 Å². The van der Waals surface area contributed by atoms with Crippen LogP contribution in [0.4, 0.5) is 4.39 Å². The zero-order chi connectivity index (χ0) is 23.2. The Hall–Kier alpha value is -3.50. The van der Waals surface area contributed by atoms with E-state index in [0.29, 0.717) is 11.1 Å². The SMILES string of the molecule is Cc1ccc2c(oc3c(-c4ccc(C5CCCCO5)cc4)c(F)ccc32)c1-c1cccc[n+]1C. The van der Waals surface area contributed by atoms with Gasteiger partial charge in [-0.1, -0.05) is 36.4 Å². The van der Waals surface area contributed by atoms with Gasteiger partial charge >= 0.3 is 0 Å². The molecule has 0 aliphatic carbocycles. The Bertz CT molecular complexity index is 1510. The first kappa shape index (κ1) is 21.1. The topological polar surface area (TPSA) is 26.2 Å². The molecule has 1 atom stereocenters. The lowest BCUT2D eigenvalue weighted by Crippen LogP contribution is -2.30. The maximum atomic E-state index is 15.3. The zero-order valence-electron chi connectivity index (χ0n) is 19.5. The third-order valence-electron chi connectivity index (χ3n) is 7.03. The van der Waals surface area contributed by atoms with Gasteiger partial charge in [-0.3, -0.25) is 0 Å². The van der Waals surface area contributed by atoms with Gasteiger partial charge in [0.15, 0.2) is 6.20 Å². The Morgan fingerprint density at radius 3 is 2.35 bits per heavy atom. The fraction of sp³-hybridized carbons (Fsp3) is 0.233. The quantitative estimate of drug-likeness (QED) is 0.266. The normalized spacial score (nSPS) is 16.4. The van der Waals surface area contributed by atoms with Gasteiger partial charge < -0.3 is 9.15 Å². The number of aryl methyl sites for hydroxylation is 2. The van der Waals surface area contributed by atoms with Crippen molar-refractivity contribution in [1.29, 1.82) is 0 Å². The van der Waals surface area contributed by atoms with Crippen LogP contribution < -0.4 is 4.57 Å². The van der Waals surface area contributed by atoms with Gasteiger partial charge in [-0.05, 0) is 61.1 Å². The first-order chi connectivity index (χ1) is 16.6.